The van der Waals surface area contributed by atoms with Gasteiger partial charge in [-0.1, -0.05) is 0 Å². The van der Waals surface area contributed by atoms with Crippen molar-refractivity contribution in [3.63, 3.8) is 0 Å². The lowest BCUT2D eigenvalue weighted by Gasteiger charge is -2.13. The van der Waals surface area contributed by atoms with Crippen molar-refractivity contribution in [2.45, 2.75) is 33.4 Å². The maximum atomic E-state index is 5.39. The minimum absolute atomic E-state index is 0.360. The number of nitrogens with zero attached hydrogens (tertiary/aromatic N) is 2. The zero-order valence-electron chi connectivity index (χ0n) is 10.6. The number of hydrogen-bond donors (Lipinski definition) is 1. The number of aryl methyl sites for hydroxylation is 1. The molecule has 1 unspecified atom stereocenters. The molecule has 0 bridgehead atoms. The lowest BCUT2D eigenvalue weighted by atomic mass is 10.3. The zero-order chi connectivity index (χ0) is 12.3. The summed E-state index contributed by atoms with van der Waals surface area (Å²) in [5.74, 6) is 0. The minimum Gasteiger partial charge on any atom is -0.380 e. The average molecular weight is 253 g/mol. The van der Waals surface area contributed by atoms with Crippen LogP contribution in [-0.2, 0) is 11.3 Å². The Morgan fingerprint density at radius 1 is 1.59 bits per heavy atom. The predicted molar refractivity (Wildman–Crippen MR) is 70.6 cm³/mol. The normalized spacial score (nSPS) is 13.4. The minimum atomic E-state index is 0.360. The molecule has 0 saturated heterocycles. The highest BCUT2D eigenvalue weighted by molar-refractivity contribution is 7.15. The lowest BCUT2D eigenvalue weighted by Crippen LogP contribution is -2.30. The molecule has 2 rings (SSSR count). The number of aromatic nitrogens is 2. The molecule has 0 aliphatic carbocycles. The molecule has 0 aliphatic rings. The largest absolute Gasteiger partial charge is 0.380 e. The molecule has 2 aromatic heterocycles. The van der Waals surface area contributed by atoms with E-state index in [4.69, 9.17) is 4.74 Å². The summed E-state index contributed by atoms with van der Waals surface area (Å²) in [6, 6.07) is 0.360. The van der Waals surface area contributed by atoms with E-state index >= 15 is 0 Å². The van der Waals surface area contributed by atoms with Gasteiger partial charge in [-0.2, -0.15) is 0 Å². The molecule has 0 aromatic carbocycles. The van der Waals surface area contributed by atoms with Gasteiger partial charge in [0.25, 0.3) is 0 Å². The fraction of sp³-hybridized carbons (Fsp3) is 0.583. The average Bonchev–Trinajstić information content (AvgIpc) is 2.84. The van der Waals surface area contributed by atoms with E-state index in [1.807, 2.05) is 6.92 Å². The number of imidazole rings is 1. The summed E-state index contributed by atoms with van der Waals surface area (Å²) < 4.78 is 7.54. The Bertz CT molecular complexity index is 477. The van der Waals surface area contributed by atoms with Gasteiger partial charge in [-0.3, -0.25) is 4.40 Å². The van der Waals surface area contributed by atoms with E-state index in [0.717, 1.165) is 30.4 Å². The zero-order valence-corrected chi connectivity index (χ0v) is 11.4. The van der Waals surface area contributed by atoms with E-state index in [1.54, 1.807) is 11.3 Å². The van der Waals surface area contributed by atoms with Gasteiger partial charge in [-0.05, 0) is 20.8 Å². The molecule has 0 radical (unpaired) electrons. The Morgan fingerprint density at radius 2 is 2.41 bits per heavy atom. The SMILES string of the molecule is CCOCC(C)NCc1c(C)nc2sccn12. The molecular weight excluding hydrogens is 234 g/mol. The molecule has 1 atom stereocenters. The van der Waals surface area contributed by atoms with Crippen molar-refractivity contribution >= 4 is 16.3 Å². The van der Waals surface area contributed by atoms with Crippen LogP contribution in [-0.4, -0.2) is 28.6 Å². The number of nitrogens with one attached hydrogen (secondary N) is 1. The van der Waals surface area contributed by atoms with Crippen LogP contribution >= 0.6 is 11.3 Å². The van der Waals surface area contributed by atoms with E-state index in [9.17, 15) is 0 Å². The highest BCUT2D eigenvalue weighted by atomic mass is 32.1. The third-order valence-electron chi connectivity index (χ3n) is 2.75. The summed E-state index contributed by atoms with van der Waals surface area (Å²) in [4.78, 5) is 5.59. The summed E-state index contributed by atoms with van der Waals surface area (Å²) in [6.07, 6.45) is 2.07. The van der Waals surface area contributed by atoms with E-state index in [0.29, 0.717) is 6.04 Å². The van der Waals surface area contributed by atoms with E-state index in [1.165, 1.54) is 5.69 Å². The van der Waals surface area contributed by atoms with Gasteiger partial charge in [0.15, 0.2) is 4.96 Å². The second-order valence-electron chi connectivity index (χ2n) is 4.14. The highest BCUT2D eigenvalue weighted by Crippen LogP contribution is 2.16. The molecule has 17 heavy (non-hydrogen) atoms. The highest BCUT2D eigenvalue weighted by Gasteiger charge is 2.10. The van der Waals surface area contributed by atoms with Crippen LogP contribution in [0.3, 0.4) is 0 Å². The molecule has 4 nitrogen and oxygen atoms in total. The van der Waals surface area contributed by atoms with E-state index in [2.05, 4.69) is 40.1 Å². The third-order valence-corrected chi connectivity index (χ3v) is 3.51. The summed E-state index contributed by atoms with van der Waals surface area (Å²) in [7, 11) is 0. The monoisotopic (exact) mass is 253 g/mol. The molecule has 0 saturated carbocycles. The Hall–Kier alpha value is -0.910. The number of thiazole rings is 1. The van der Waals surface area contributed by atoms with Gasteiger partial charge in [0, 0.05) is 30.8 Å². The first-order valence-electron chi connectivity index (χ1n) is 5.94. The number of fused-ring (bicyclic) bond motifs is 1. The number of hydrogen-bond acceptors (Lipinski definition) is 4. The first kappa shape index (κ1) is 12.5. The van der Waals surface area contributed by atoms with Crippen molar-refractivity contribution in [3.05, 3.63) is 23.0 Å². The quantitative estimate of drug-likeness (QED) is 0.858. The fourth-order valence-corrected chi connectivity index (χ4v) is 2.56. The van der Waals surface area contributed by atoms with Crippen LogP contribution in [0, 0.1) is 6.92 Å². The van der Waals surface area contributed by atoms with Gasteiger partial charge in [-0.25, -0.2) is 4.98 Å². The molecule has 94 valence electrons. The second kappa shape index (κ2) is 5.62. The van der Waals surface area contributed by atoms with Crippen LogP contribution in [0.25, 0.3) is 4.96 Å². The summed E-state index contributed by atoms with van der Waals surface area (Å²) >= 11 is 1.67. The van der Waals surface area contributed by atoms with E-state index in [-0.39, 0.29) is 0 Å². The Kier molecular flexibility index (Phi) is 4.15. The second-order valence-corrected chi connectivity index (χ2v) is 5.01. The molecule has 1 N–H and O–H groups in total. The maximum absolute atomic E-state index is 5.39. The summed E-state index contributed by atoms with van der Waals surface area (Å²) in [5, 5.41) is 5.53. The third kappa shape index (κ3) is 2.86. The van der Waals surface area contributed by atoms with Crippen LogP contribution in [0.5, 0.6) is 0 Å². The maximum Gasteiger partial charge on any atom is 0.194 e. The van der Waals surface area contributed by atoms with Gasteiger partial charge in [0.1, 0.15) is 0 Å². The number of rotatable bonds is 6. The first-order chi connectivity index (χ1) is 8.22. The van der Waals surface area contributed by atoms with Gasteiger partial charge in [-0.15, -0.1) is 11.3 Å². The first-order valence-corrected chi connectivity index (χ1v) is 6.82. The molecule has 0 aliphatic heterocycles. The molecule has 0 fully saturated rings. The number of ether oxygens (including phenoxy) is 1. The Labute approximate surface area is 106 Å². The lowest BCUT2D eigenvalue weighted by molar-refractivity contribution is 0.127. The van der Waals surface area contributed by atoms with Crippen LogP contribution in [0.15, 0.2) is 11.6 Å². The van der Waals surface area contributed by atoms with Crippen molar-refractivity contribution in [3.8, 4) is 0 Å². The van der Waals surface area contributed by atoms with Crippen LogP contribution in [0.4, 0.5) is 0 Å². The fourth-order valence-electron chi connectivity index (χ4n) is 1.78. The predicted octanol–water partition coefficient (Wildman–Crippen LogP) is 2.22. The topological polar surface area (TPSA) is 38.6 Å². The van der Waals surface area contributed by atoms with Gasteiger partial charge in [0.2, 0.25) is 0 Å². The molecule has 2 aromatic rings. The molecule has 5 heteroatoms. The van der Waals surface area contributed by atoms with Gasteiger partial charge >= 0.3 is 0 Å². The van der Waals surface area contributed by atoms with Crippen molar-refractivity contribution in [2.24, 2.45) is 0 Å². The van der Waals surface area contributed by atoms with Gasteiger partial charge in [0.05, 0.1) is 18.0 Å². The summed E-state index contributed by atoms with van der Waals surface area (Å²) in [6.45, 7) is 8.56. The summed E-state index contributed by atoms with van der Waals surface area (Å²) in [5.41, 5.74) is 2.34. The van der Waals surface area contributed by atoms with Crippen LogP contribution < -0.4 is 5.32 Å². The van der Waals surface area contributed by atoms with Crippen molar-refractivity contribution < 1.29 is 4.74 Å². The molecule has 2 heterocycles. The van der Waals surface area contributed by atoms with E-state index < -0.39 is 0 Å². The molecular formula is C12H19N3OS. The Morgan fingerprint density at radius 3 is 3.18 bits per heavy atom. The van der Waals surface area contributed by atoms with Crippen molar-refractivity contribution in [1.29, 1.82) is 0 Å². The standard InChI is InChI=1S/C12H19N3OS/c1-4-16-8-9(2)13-7-11-10(3)14-12-15(11)5-6-17-12/h5-6,9,13H,4,7-8H2,1-3H3. The van der Waals surface area contributed by atoms with Crippen LogP contribution in [0.2, 0.25) is 0 Å². The Balaban J connectivity index is 1.98. The van der Waals surface area contributed by atoms with Crippen molar-refractivity contribution in [1.82, 2.24) is 14.7 Å². The van der Waals surface area contributed by atoms with Crippen LogP contribution in [0.1, 0.15) is 25.2 Å². The van der Waals surface area contributed by atoms with Crippen molar-refractivity contribution in [2.75, 3.05) is 13.2 Å². The molecule has 0 spiro atoms. The smallest absolute Gasteiger partial charge is 0.194 e. The van der Waals surface area contributed by atoms with Gasteiger partial charge < -0.3 is 10.1 Å². The molecule has 0 amide bonds.